The monoisotopic (exact) mass is 288 g/mol. The van der Waals surface area contributed by atoms with Crippen LogP contribution in [0.1, 0.15) is 47.3 Å². The van der Waals surface area contributed by atoms with Gasteiger partial charge in [0.1, 0.15) is 5.82 Å². The third-order valence-corrected chi connectivity index (χ3v) is 4.56. The van der Waals surface area contributed by atoms with Crippen LogP contribution in [0.25, 0.3) is 0 Å². The second kappa shape index (κ2) is 6.02. The number of aryl methyl sites for hydroxylation is 2. The van der Waals surface area contributed by atoms with Gasteiger partial charge in [-0.1, -0.05) is 0 Å². The van der Waals surface area contributed by atoms with Crippen molar-refractivity contribution in [3.05, 3.63) is 22.9 Å². The third kappa shape index (κ3) is 3.02. The molecule has 2 aliphatic rings. The Kier molecular flexibility index (Phi) is 4.10. The number of carbonyl (C=O) groups excluding carboxylic acids is 1. The third-order valence-electron chi connectivity index (χ3n) is 4.56. The standard InChI is InChI=1S/C16H24N4O/c1-20(10-12-6-4-8-18-12)16-13(15(17)21)9-11-5-2-3-7-14(11)19-16/h9,12,18H,2-8,10H2,1H3,(H2,17,21). The highest BCUT2D eigenvalue weighted by Gasteiger charge is 2.22. The first-order chi connectivity index (χ1) is 10.1. The fourth-order valence-electron chi connectivity index (χ4n) is 3.42. The molecule has 0 spiro atoms. The lowest BCUT2D eigenvalue weighted by atomic mass is 9.94. The van der Waals surface area contributed by atoms with Gasteiger partial charge in [0, 0.05) is 25.3 Å². The Bertz CT molecular complexity index is 537. The van der Waals surface area contributed by atoms with Crippen LogP contribution in [0.3, 0.4) is 0 Å². The lowest BCUT2D eigenvalue weighted by Crippen LogP contribution is -2.37. The Morgan fingerprint density at radius 1 is 1.43 bits per heavy atom. The van der Waals surface area contributed by atoms with Crippen LogP contribution in [0.15, 0.2) is 6.07 Å². The van der Waals surface area contributed by atoms with Gasteiger partial charge < -0.3 is 16.0 Å². The molecule has 2 heterocycles. The van der Waals surface area contributed by atoms with Crippen molar-refractivity contribution < 1.29 is 4.79 Å². The van der Waals surface area contributed by atoms with Gasteiger partial charge in [-0.25, -0.2) is 4.98 Å². The van der Waals surface area contributed by atoms with Crippen LogP contribution in [0.2, 0.25) is 0 Å². The van der Waals surface area contributed by atoms with E-state index in [4.69, 9.17) is 10.7 Å². The van der Waals surface area contributed by atoms with Gasteiger partial charge in [-0.2, -0.15) is 0 Å². The molecule has 1 aromatic heterocycles. The number of amides is 1. The number of likely N-dealkylation sites (N-methyl/N-ethyl adjacent to an activating group) is 1. The van der Waals surface area contributed by atoms with Crippen molar-refractivity contribution in [2.45, 2.75) is 44.6 Å². The van der Waals surface area contributed by atoms with Crippen molar-refractivity contribution >= 4 is 11.7 Å². The second-order valence-corrected chi connectivity index (χ2v) is 6.21. The summed E-state index contributed by atoms with van der Waals surface area (Å²) in [4.78, 5) is 18.6. The van der Waals surface area contributed by atoms with Crippen molar-refractivity contribution in [1.82, 2.24) is 10.3 Å². The number of anilines is 1. The number of aromatic nitrogens is 1. The summed E-state index contributed by atoms with van der Waals surface area (Å²) < 4.78 is 0. The number of rotatable bonds is 4. The minimum absolute atomic E-state index is 0.378. The maximum atomic E-state index is 11.8. The molecule has 1 amide bonds. The lowest BCUT2D eigenvalue weighted by Gasteiger charge is -2.26. The lowest BCUT2D eigenvalue weighted by molar-refractivity contribution is 0.100. The highest BCUT2D eigenvalue weighted by molar-refractivity contribution is 5.98. The largest absolute Gasteiger partial charge is 0.365 e. The van der Waals surface area contributed by atoms with Gasteiger partial charge in [-0.3, -0.25) is 4.79 Å². The topological polar surface area (TPSA) is 71.2 Å². The van der Waals surface area contributed by atoms with Gasteiger partial charge >= 0.3 is 0 Å². The van der Waals surface area contributed by atoms with Gasteiger partial charge in [0.25, 0.3) is 5.91 Å². The van der Waals surface area contributed by atoms with Crippen molar-refractivity contribution in [3.8, 4) is 0 Å². The first-order valence-corrected chi connectivity index (χ1v) is 7.92. The summed E-state index contributed by atoms with van der Waals surface area (Å²) in [5.41, 5.74) is 8.48. The Hall–Kier alpha value is -1.62. The van der Waals surface area contributed by atoms with E-state index in [2.05, 4.69) is 10.2 Å². The molecular weight excluding hydrogens is 264 g/mol. The molecule has 5 nitrogen and oxygen atoms in total. The Balaban J connectivity index is 1.89. The molecule has 0 radical (unpaired) electrons. The number of hydrogen-bond acceptors (Lipinski definition) is 4. The number of nitrogens with one attached hydrogen (secondary N) is 1. The summed E-state index contributed by atoms with van der Waals surface area (Å²) >= 11 is 0. The van der Waals surface area contributed by atoms with Gasteiger partial charge in [0.2, 0.25) is 0 Å². The zero-order chi connectivity index (χ0) is 14.8. The van der Waals surface area contributed by atoms with Gasteiger partial charge in [-0.15, -0.1) is 0 Å². The van der Waals surface area contributed by atoms with Crippen LogP contribution < -0.4 is 16.0 Å². The molecule has 1 fully saturated rings. The molecule has 1 aromatic rings. The second-order valence-electron chi connectivity index (χ2n) is 6.21. The predicted molar refractivity (Wildman–Crippen MR) is 83.7 cm³/mol. The minimum Gasteiger partial charge on any atom is -0.365 e. The number of primary amides is 1. The van der Waals surface area contributed by atoms with Crippen LogP contribution in [-0.2, 0) is 12.8 Å². The summed E-state index contributed by atoms with van der Waals surface area (Å²) in [5, 5.41) is 3.48. The average Bonchev–Trinajstić information content (AvgIpc) is 2.98. The van der Waals surface area contributed by atoms with E-state index in [-0.39, 0.29) is 5.91 Å². The first kappa shape index (κ1) is 14.3. The zero-order valence-electron chi connectivity index (χ0n) is 12.7. The maximum absolute atomic E-state index is 11.8. The summed E-state index contributed by atoms with van der Waals surface area (Å²) in [7, 11) is 2.00. The van der Waals surface area contributed by atoms with Crippen LogP contribution in [0.5, 0.6) is 0 Å². The number of pyridine rings is 1. The fraction of sp³-hybridized carbons (Fsp3) is 0.625. The van der Waals surface area contributed by atoms with Crippen LogP contribution in [-0.4, -0.2) is 37.1 Å². The van der Waals surface area contributed by atoms with Gasteiger partial charge in [0.05, 0.1) is 5.56 Å². The SMILES string of the molecule is CN(CC1CCCN1)c1nc2c(cc1C(N)=O)CCCC2. The summed E-state index contributed by atoms with van der Waals surface area (Å²) in [6.07, 6.45) is 6.78. The molecule has 5 heteroatoms. The highest BCUT2D eigenvalue weighted by atomic mass is 16.1. The Morgan fingerprint density at radius 2 is 2.24 bits per heavy atom. The maximum Gasteiger partial charge on any atom is 0.252 e. The number of nitrogens with zero attached hydrogens (tertiary/aromatic N) is 2. The summed E-state index contributed by atoms with van der Waals surface area (Å²) in [6.45, 7) is 1.95. The smallest absolute Gasteiger partial charge is 0.252 e. The van der Waals surface area contributed by atoms with E-state index >= 15 is 0 Å². The molecule has 1 saturated heterocycles. The number of fused-ring (bicyclic) bond motifs is 1. The number of carbonyl (C=O) groups is 1. The van der Waals surface area contributed by atoms with Crippen LogP contribution in [0.4, 0.5) is 5.82 Å². The molecule has 0 bridgehead atoms. The predicted octanol–water partition coefficient (Wildman–Crippen LogP) is 1.25. The first-order valence-electron chi connectivity index (χ1n) is 7.92. The van der Waals surface area contributed by atoms with E-state index in [0.29, 0.717) is 11.6 Å². The van der Waals surface area contributed by atoms with E-state index in [9.17, 15) is 4.79 Å². The highest BCUT2D eigenvalue weighted by Crippen LogP contribution is 2.26. The number of hydrogen-bond donors (Lipinski definition) is 2. The normalized spacial score (nSPS) is 21.1. The molecule has 21 heavy (non-hydrogen) atoms. The summed E-state index contributed by atoms with van der Waals surface area (Å²) in [6, 6.07) is 2.45. The van der Waals surface area contributed by atoms with Crippen molar-refractivity contribution in [3.63, 3.8) is 0 Å². The molecule has 3 N–H and O–H groups in total. The molecule has 114 valence electrons. The molecule has 3 rings (SSSR count). The Morgan fingerprint density at radius 3 is 2.95 bits per heavy atom. The van der Waals surface area contributed by atoms with E-state index in [1.165, 1.54) is 31.2 Å². The molecule has 1 unspecified atom stereocenters. The van der Waals surface area contributed by atoms with E-state index in [1.807, 2.05) is 13.1 Å². The zero-order valence-corrected chi connectivity index (χ0v) is 12.7. The summed E-state index contributed by atoms with van der Waals surface area (Å²) in [5.74, 6) is 0.369. The van der Waals surface area contributed by atoms with Crippen molar-refractivity contribution in [1.29, 1.82) is 0 Å². The van der Waals surface area contributed by atoms with Crippen molar-refractivity contribution in [2.75, 3.05) is 25.0 Å². The Labute approximate surface area is 125 Å². The van der Waals surface area contributed by atoms with E-state index < -0.39 is 0 Å². The molecule has 1 aliphatic heterocycles. The van der Waals surface area contributed by atoms with Crippen LogP contribution >= 0.6 is 0 Å². The molecule has 0 aromatic carbocycles. The van der Waals surface area contributed by atoms with E-state index in [0.717, 1.165) is 37.4 Å². The number of nitrogens with two attached hydrogens (primary N) is 1. The average molecular weight is 288 g/mol. The van der Waals surface area contributed by atoms with E-state index in [1.54, 1.807) is 0 Å². The molecular formula is C16H24N4O. The molecule has 1 atom stereocenters. The van der Waals surface area contributed by atoms with Gasteiger partial charge in [0.15, 0.2) is 0 Å². The quantitative estimate of drug-likeness (QED) is 0.874. The molecule has 1 aliphatic carbocycles. The molecule has 0 saturated carbocycles. The minimum atomic E-state index is -0.378. The fourth-order valence-corrected chi connectivity index (χ4v) is 3.42. The van der Waals surface area contributed by atoms with Crippen molar-refractivity contribution in [2.24, 2.45) is 5.73 Å². The van der Waals surface area contributed by atoms with Gasteiger partial charge in [-0.05, 0) is 56.7 Å². The van der Waals surface area contributed by atoms with Crippen LogP contribution in [0, 0.1) is 0 Å².